The van der Waals surface area contributed by atoms with Crippen molar-refractivity contribution in [3.8, 4) is 0 Å². The lowest BCUT2D eigenvalue weighted by Crippen LogP contribution is -2.39. The Labute approximate surface area is 125 Å². The number of sulfonamides is 1. The molecule has 21 heavy (non-hydrogen) atoms. The number of hydrogen-bond acceptors (Lipinski definition) is 5. The van der Waals surface area contributed by atoms with Crippen molar-refractivity contribution in [2.45, 2.75) is 50.6 Å². The van der Waals surface area contributed by atoms with Crippen molar-refractivity contribution < 1.29 is 18.3 Å². The van der Waals surface area contributed by atoms with Crippen LogP contribution in [0.4, 0.5) is 0 Å². The summed E-state index contributed by atoms with van der Waals surface area (Å²) in [5.41, 5.74) is 1.10. The minimum Gasteiger partial charge on any atom is -0.396 e. The molecular weight excluding hydrogens is 294 g/mol. The predicted molar refractivity (Wildman–Crippen MR) is 77.6 cm³/mol. The van der Waals surface area contributed by atoms with Crippen LogP contribution >= 0.6 is 0 Å². The summed E-state index contributed by atoms with van der Waals surface area (Å²) in [5.74, 6) is 0. The van der Waals surface area contributed by atoms with Crippen molar-refractivity contribution >= 4 is 10.0 Å². The van der Waals surface area contributed by atoms with E-state index in [1.54, 1.807) is 18.5 Å². The molecule has 1 aromatic rings. The smallest absolute Gasteiger partial charge is 0.244 e. The van der Waals surface area contributed by atoms with Crippen molar-refractivity contribution in [2.75, 3.05) is 19.8 Å². The quantitative estimate of drug-likeness (QED) is 0.789. The fourth-order valence-electron chi connectivity index (χ4n) is 2.60. The van der Waals surface area contributed by atoms with Gasteiger partial charge in [0.2, 0.25) is 10.0 Å². The van der Waals surface area contributed by atoms with Gasteiger partial charge in [0.15, 0.2) is 0 Å². The molecule has 0 aromatic carbocycles. The SMILES string of the molecule is Cc1nn(CCCO)c(C)c1S(=O)(=O)NC1CCOCC1. The third-order valence-corrected chi connectivity index (χ3v) is 5.43. The number of ether oxygens (including phenoxy) is 1. The molecule has 1 fully saturated rings. The highest BCUT2D eigenvalue weighted by Gasteiger charge is 2.28. The maximum absolute atomic E-state index is 12.6. The molecule has 2 rings (SSSR count). The average molecular weight is 317 g/mol. The second kappa shape index (κ2) is 6.87. The summed E-state index contributed by atoms with van der Waals surface area (Å²) < 4.78 is 34.8. The summed E-state index contributed by atoms with van der Waals surface area (Å²) in [6, 6.07) is -0.0802. The number of aromatic nitrogens is 2. The summed E-state index contributed by atoms with van der Waals surface area (Å²) in [6.07, 6.45) is 1.93. The lowest BCUT2D eigenvalue weighted by atomic mass is 10.1. The lowest BCUT2D eigenvalue weighted by molar-refractivity contribution is 0.0832. The monoisotopic (exact) mass is 317 g/mol. The van der Waals surface area contributed by atoms with Gasteiger partial charge in [-0.25, -0.2) is 13.1 Å². The summed E-state index contributed by atoms with van der Waals surface area (Å²) in [4.78, 5) is 0.256. The maximum Gasteiger partial charge on any atom is 0.244 e. The van der Waals surface area contributed by atoms with Crippen LogP contribution in [0.25, 0.3) is 0 Å². The highest BCUT2D eigenvalue weighted by atomic mass is 32.2. The zero-order chi connectivity index (χ0) is 15.5. The van der Waals surface area contributed by atoms with Gasteiger partial charge in [-0.1, -0.05) is 0 Å². The molecule has 0 radical (unpaired) electrons. The van der Waals surface area contributed by atoms with E-state index >= 15 is 0 Å². The number of aliphatic hydroxyl groups excluding tert-OH is 1. The Morgan fingerprint density at radius 3 is 2.67 bits per heavy atom. The molecule has 1 saturated heterocycles. The van der Waals surface area contributed by atoms with Gasteiger partial charge in [0, 0.05) is 32.4 Å². The largest absolute Gasteiger partial charge is 0.396 e. The fourth-order valence-corrected chi connectivity index (χ4v) is 4.32. The van der Waals surface area contributed by atoms with Gasteiger partial charge in [-0.3, -0.25) is 4.68 Å². The van der Waals surface area contributed by atoms with E-state index < -0.39 is 10.0 Å². The predicted octanol–water partition coefficient (Wildman–Crippen LogP) is 0.340. The Kier molecular flexibility index (Phi) is 5.37. The Morgan fingerprint density at radius 2 is 2.05 bits per heavy atom. The van der Waals surface area contributed by atoms with E-state index in [2.05, 4.69) is 9.82 Å². The van der Waals surface area contributed by atoms with E-state index in [4.69, 9.17) is 9.84 Å². The van der Waals surface area contributed by atoms with E-state index in [-0.39, 0.29) is 17.5 Å². The van der Waals surface area contributed by atoms with E-state index in [0.29, 0.717) is 50.4 Å². The summed E-state index contributed by atoms with van der Waals surface area (Å²) in [5, 5.41) is 13.2. The first-order valence-electron chi connectivity index (χ1n) is 7.20. The molecular formula is C13H23N3O4S. The van der Waals surface area contributed by atoms with Gasteiger partial charge in [-0.2, -0.15) is 5.10 Å². The molecule has 0 atom stereocenters. The molecule has 0 spiro atoms. The minimum absolute atomic E-state index is 0.0563. The molecule has 0 unspecified atom stereocenters. The van der Waals surface area contributed by atoms with Gasteiger partial charge < -0.3 is 9.84 Å². The van der Waals surface area contributed by atoms with Crippen LogP contribution in [-0.2, 0) is 21.3 Å². The Hall–Kier alpha value is -0.960. The first kappa shape index (κ1) is 16.4. The van der Waals surface area contributed by atoms with E-state index in [1.807, 2.05) is 0 Å². The number of aliphatic hydroxyl groups is 1. The zero-order valence-electron chi connectivity index (χ0n) is 12.5. The van der Waals surface area contributed by atoms with Gasteiger partial charge in [0.05, 0.1) is 11.4 Å². The van der Waals surface area contributed by atoms with Crippen LogP contribution in [0.15, 0.2) is 4.90 Å². The van der Waals surface area contributed by atoms with Crippen LogP contribution in [0.3, 0.4) is 0 Å². The van der Waals surface area contributed by atoms with Gasteiger partial charge in [0.1, 0.15) is 4.90 Å². The van der Waals surface area contributed by atoms with Crippen molar-refractivity contribution in [1.82, 2.24) is 14.5 Å². The van der Waals surface area contributed by atoms with Crippen LogP contribution in [0.5, 0.6) is 0 Å². The number of nitrogens with one attached hydrogen (secondary N) is 1. The van der Waals surface area contributed by atoms with E-state index in [9.17, 15) is 8.42 Å². The standard InChI is InChI=1S/C13H23N3O4S/c1-10-13(11(2)16(14-10)6-3-7-17)21(18,19)15-12-4-8-20-9-5-12/h12,15,17H,3-9H2,1-2H3. The van der Waals surface area contributed by atoms with Crippen LogP contribution < -0.4 is 4.72 Å². The lowest BCUT2D eigenvalue weighted by Gasteiger charge is -2.23. The minimum atomic E-state index is -3.58. The molecule has 0 saturated carbocycles. The number of aryl methyl sites for hydroxylation is 2. The molecule has 0 aliphatic carbocycles. The summed E-state index contributed by atoms with van der Waals surface area (Å²) >= 11 is 0. The van der Waals surface area contributed by atoms with Gasteiger partial charge in [-0.15, -0.1) is 0 Å². The van der Waals surface area contributed by atoms with Crippen molar-refractivity contribution in [3.05, 3.63) is 11.4 Å². The highest BCUT2D eigenvalue weighted by molar-refractivity contribution is 7.89. The van der Waals surface area contributed by atoms with Crippen molar-refractivity contribution in [1.29, 1.82) is 0 Å². The molecule has 120 valence electrons. The number of hydrogen-bond donors (Lipinski definition) is 2. The highest BCUT2D eigenvalue weighted by Crippen LogP contribution is 2.21. The van der Waals surface area contributed by atoms with Gasteiger partial charge >= 0.3 is 0 Å². The number of rotatable bonds is 6. The molecule has 1 aromatic heterocycles. The summed E-state index contributed by atoms with van der Waals surface area (Å²) in [7, 11) is -3.58. The third kappa shape index (κ3) is 3.82. The van der Waals surface area contributed by atoms with Crippen LogP contribution in [0, 0.1) is 13.8 Å². The normalized spacial score (nSPS) is 17.3. The first-order chi connectivity index (χ1) is 9.95. The fraction of sp³-hybridized carbons (Fsp3) is 0.769. The molecule has 8 heteroatoms. The summed E-state index contributed by atoms with van der Waals surface area (Å²) in [6.45, 7) is 5.18. The van der Waals surface area contributed by atoms with Crippen LogP contribution in [0.2, 0.25) is 0 Å². The van der Waals surface area contributed by atoms with Gasteiger partial charge in [0.25, 0.3) is 0 Å². The molecule has 1 aliphatic heterocycles. The van der Waals surface area contributed by atoms with Gasteiger partial charge in [-0.05, 0) is 33.1 Å². The van der Waals surface area contributed by atoms with Crippen LogP contribution in [-0.4, -0.2) is 49.2 Å². The molecule has 7 nitrogen and oxygen atoms in total. The molecule has 0 bridgehead atoms. The van der Waals surface area contributed by atoms with Crippen molar-refractivity contribution in [3.63, 3.8) is 0 Å². The first-order valence-corrected chi connectivity index (χ1v) is 8.69. The Bertz CT molecular complexity index is 576. The third-order valence-electron chi connectivity index (χ3n) is 3.65. The topological polar surface area (TPSA) is 93.5 Å². The van der Waals surface area contributed by atoms with E-state index in [1.165, 1.54) is 0 Å². The second-order valence-electron chi connectivity index (χ2n) is 5.31. The Balaban J connectivity index is 2.20. The average Bonchev–Trinajstić information content (AvgIpc) is 2.72. The molecule has 2 N–H and O–H groups in total. The molecule has 2 heterocycles. The number of nitrogens with zero attached hydrogens (tertiary/aromatic N) is 2. The second-order valence-corrected chi connectivity index (χ2v) is 6.96. The molecule has 1 aliphatic rings. The Morgan fingerprint density at radius 1 is 1.38 bits per heavy atom. The maximum atomic E-state index is 12.6. The van der Waals surface area contributed by atoms with Crippen molar-refractivity contribution in [2.24, 2.45) is 0 Å². The molecule has 0 amide bonds. The van der Waals surface area contributed by atoms with E-state index in [0.717, 1.165) is 0 Å². The van der Waals surface area contributed by atoms with Crippen LogP contribution in [0.1, 0.15) is 30.7 Å². The zero-order valence-corrected chi connectivity index (χ0v) is 13.3.